The minimum atomic E-state index is -0.442. The summed E-state index contributed by atoms with van der Waals surface area (Å²) in [5, 5.41) is 10.7. The number of carbonyl (C=O) groups excluding carboxylic acids is 1. The fraction of sp³-hybridized carbons (Fsp3) is 0.389. The highest BCUT2D eigenvalue weighted by Gasteiger charge is 2.39. The van der Waals surface area contributed by atoms with Crippen molar-refractivity contribution in [2.45, 2.75) is 24.9 Å². The van der Waals surface area contributed by atoms with E-state index in [0.717, 1.165) is 25.9 Å². The van der Waals surface area contributed by atoms with Gasteiger partial charge in [0, 0.05) is 42.9 Å². The molecule has 7 nitrogen and oxygen atoms in total. The van der Waals surface area contributed by atoms with Gasteiger partial charge < -0.3 is 9.32 Å². The van der Waals surface area contributed by atoms with Gasteiger partial charge >= 0.3 is 0 Å². The molecule has 2 atom stereocenters. The third kappa shape index (κ3) is 2.80. The van der Waals surface area contributed by atoms with Gasteiger partial charge in [-0.1, -0.05) is 0 Å². The van der Waals surface area contributed by atoms with Crippen LogP contribution in [-0.2, 0) is 0 Å². The zero-order valence-electron chi connectivity index (χ0n) is 13.9. The fourth-order valence-electron chi connectivity index (χ4n) is 3.79. The van der Waals surface area contributed by atoms with Gasteiger partial charge in [0.2, 0.25) is 0 Å². The molecule has 25 heavy (non-hydrogen) atoms. The van der Waals surface area contributed by atoms with Crippen LogP contribution in [-0.4, -0.2) is 52.9 Å². The molecule has 7 heteroatoms. The molecule has 0 radical (unpaired) electrons. The second kappa shape index (κ2) is 6.00. The Kier molecular flexibility index (Phi) is 3.80. The van der Waals surface area contributed by atoms with E-state index in [-0.39, 0.29) is 11.6 Å². The van der Waals surface area contributed by atoms with E-state index in [1.165, 1.54) is 12.1 Å². The van der Waals surface area contributed by atoms with Crippen LogP contribution in [0.5, 0.6) is 0 Å². The van der Waals surface area contributed by atoms with Gasteiger partial charge in [0.1, 0.15) is 5.76 Å². The number of piperazine rings is 1. The van der Waals surface area contributed by atoms with Gasteiger partial charge in [-0.2, -0.15) is 0 Å². The molecule has 1 aromatic heterocycles. The third-order valence-corrected chi connectivity index (χ3v) is 5.31. The van der Waals surface area contributed by atoms with Crippen LogP contribution in [0.15, 0.2) is 40.8 Å². The maximum absolute atomic E-state index is 12.7. The average molecular weight is 341 g/mol. The van der Waals surface area contributed by atoms with Crippen LogP contribution in [0.25, 0.3) is 11.3 Å². The number of non-ortho nitro benzene ring substituents is 1. The molecule has 2 aliphatic rings. The summed E-state index contributed by atoms with van der Waals surface area (Å²) in [7, 11) is 2.13. The maximum atomic E-state index is 12.7. The number of nitro groups is 1. The largest absolute Gasteiger partial charge is 0.451 e. The smallest absolute Gasteiger partial charge is 0.289 e. The van der Waals surface area contributed by atoms with Crippen molar-refractivity contribution in [2.24, 2.45) is 0 Å². The lowest BCUT2D eigenvalue weighted by Crippen LogP contribution is -2.53. The van der Waals surface area contributed by atoms with Gasteiger partial charge in [0.15, 0.2) is 5.76 Å². The molecule has 0 spiro atoms. The number of nitrogens with zero attached hydrogens (tertiary/aromatic N) is 3. The molecule has 2 fully saturated rings. The Labute approximate surface area is 145 Å². The third-order valence-electron chi connectivity index (χ3n) is 5.31. The molecule has 2 unspecified atom stereocenters. The molecule has 4 rings (SSSR count). The van der Waals surface area contributed by atoms with Crippen molar-refractivity contribution in [3.63, 3.8) is 0 Å². The standard InChI is InChI=1S/C18H19N3O4/c1-19-14-6-7-15(19)11-20(10-14)18(22)17-9-8-16(25-17)12-2-4-13(5-3-12)21(23)24/h2-5,8-9,14-15H,6-7,10-11H2,1H3. The average Bonchev–Trinajstić information content (AvgIpc) is 3.16. The number of furan rings is 1. The molecule has 2 aromatic rings. The molecule has 0 saturated carbocycles. The van der Waals surface area contributed by atoms with E-state index < -0.39 is 4.92 Å². The Balaban J connectivity index is 1.51. The van der Waals surface area contributed by atoms with Gasteiger partial charge in [-0.25, -0.2) is 0 Å². The molecule has 3 heterocycles. The second-order valence-corrected chi connectivity index (χ2v) is 6.73. The number of benzene rings is 1. The minimum absolute atomic E-state index is 0.0273. The minimum Gasteiger partial charge on any atom is -0.451 e. The van der Waals surface area contributed by atoms with Crippen LogP contribution in [0.3, 0.4) is 0 Å². The van der Waals surface area contributed by atoms with Crippen LogP contribution < -0.4 is 0 Å². The number of hydrogen-bond acceptors (Lipinski definition) is 5. The van der Waals surface area contributed by atoms with Crippen LogP contribution >= 0.6 is 0 Å². The number of amides is 1. The highest BCUT2D eigenvalue weighted by Crippen LogP contribution is 2.30. The van der Waals surface area contributed by atoms with Gasteiger partial charge in [-0.05, 0) is 44.2 Å². The molecular formula is C18H19N3O4. The molecule has 2 bridgehead atoms. The SMILES string of the molecule is CN1C2CCC1CN(C(=O)c1ccc(-c3ccc([N+](=O)[O-])cc3)o1)C2. The van der Waals surface area contributed by atoms with Crippen molar-refractivity contribution in [3.05, 3.63) is 52.3 Å². The Morgan fingerprint density at radius 2 is 1.76 bits per heavy atom. The molecule has 0 aliphatic carbocycles. The van der Waals surface area contributed by atoms with E-state index in [1.54, 1.807) is 24.3 Å². The Morgan fingerprint density at radius 3 is 2.36 bits per heavy atom. The predicted octanol–water partition coefficient (Wildman–Crippen LogP) is 2.77. The first kappa shape index (κ1) is 15.8. The number of nitro benzene ring substituents is 1. The van der Waals surface area contributed by atoms with Crippen LogP contribution in [0.1, 0.15) is 23.4 Å². The van der Waals surface area contributed by atoms with Crippen LogP contribution in [0.4, 0.5) is 5.69 Å². The zero-order chi connectivity index (χ0) is 17.6. The molecule has 130 valence electrons. The summed E-state index contributed by atoms with van der Waals surface area (Å²) >= 11 is 0. The number of likely N-dealkylation sites (tertiary alicyclic amines) is 1. The normalized spacial score (nSPS) is 23.0. The second-order valence-electron chi connectivity index (χ2n) is 6.73. The first-order valence-corrected chi connectivity index (χ1v) is 8.39. The quantitative estimate of drug-likeness (QED) is 0.633. The zero-order valence-corrected chi connectivity index (χ0v) is 13.9. The van der Waals surface area contributed by atoms with E-state index in [9.17, 15) is 14.9 Å². The van der Waals surface area contributed by atoms with E-state index in [4.69, 9.17) is 4.42 Å². The lowest BCUT2D eigenvalue weighted by Gasteiger charge is -2.38. The summed E-state index contributed by atoms with van der Waals surface area (Å²) in [4.78, 5) is 27.3. The summed E-state index contributed by atoms with van der Waals surface area (Å²) < 4.78 is 5.73. The Bertz CT molecular complexity index is 800. The summed E-state index contributed by atoms with van der Waals surface area (Å²) in [6, 6.07) is 10.4. The maximum Gasteiger partial charge on any atom is 0.289 e. The topological polar surface area (TPSA) is 79.8 Å². The van der Waals surface area contributed by atoms with Gasteiger partial charge in [0.05, 0.1) is 4.92 Å². The van der Waals surface area contributed by atoms with Crippen molar-refractivity contribution in [1.82, 2.24) is 9.80 Å². The van der Waals surface area contributed by atoms with E-state index in [2.05, 4.69) is 11.9 Å². The monoisotopic (exact) mass is 341 g/mol. The van der Waals surface area contributed by atoms with Crippen molar-refractivity contribution in [1.29, 1.82) is 0 Å². The van der Waals surface area contributed by atoms with E-state index in [0.29, 0.717) is 29.2 Å². The molecular weight excluding hydrogens is 322 g/mol. The summed E-state index contributed by atoms with van der Waals surface area (Å²) in [6.45, 7) is 1.47. The first-order valence-electron chi connectivity index (χ1n) is 8.39. The van der Waals surface area contributed by atoms with Gasteiger partial charge in [-0.15, -0.1) is 0 Å². The predicted molar refractivity (Wildman–Crippen MR) is 91.3 cm³/mol. The number of fused-ring (bicyclic) bond motifs is 2. The summed E-state index contributed by atoms with van der Waals surface area (Å²) in [5.41, 5.74) is 0.739. The van der Waals surface area contributed by atoms with Crippen molar-refractivity contribution in [3.8, 4) is 11.3 Å². The fourth-order valence-corrected chi connectivity index (χ4v) is 3.79. The number of carbonyl (C=O) groups is 1. The van der Waals surface area contributed by atoms with E-state index >= 15 is 0 Å². The molecule has 2 aliphatic heterocycles. The lowest BCUT2D eigenvalue weighted by atomic mass is 10.1. The molecule has 2 saturated heterocycles. The molecule has 0 N–H and O–H groups in total. The van der Waals surface area contributed by atoms with Crippen molar-refractivity contribution in [2.75, 3.05) is 20.1 Å². The highest BCUT2D eigenvalue weighted by atomic mass is 16.6. The Morgan fingerprint density at radius 1 is 1.12 bits per heavy atom. The Hall–Kier alpha value is -2.67. The summed E-state index contributed by atoms with van der Waals surface area (Å²) in [5.74, 6) is 0.769. The van der Waals surface area contributed by atoms with Gasteiger partial charge in [0.25, 0.3) is 11.6 Å². The van der Waals surface area contributed by atoms with E-state index in [1.807, 2.05) is 4.90 Å². The van der Waals surface area contributed by atoms with Crippen molar-refractivity contribution >= 4 is 11.6 Å². The number of hydrogen-bond donors (Lipinski definition) is 0. The first-order chi connectivity index (χ1) is 12.0. The molecule has 1 aromatic carbocycles. The molecule has 1 amide bonds. The van der Waals surface area contributed by atoms with Gasteiger partial charge in [-0.3, -0.25) is 19.8 Å². The number of rotatable bonds is 3. The van der Waals surface area contributed by atoms with Crippen molar-refractivity contribution < 1.29 is 14.1 Å². The number of likely N-dealkylation sites (N-methyl/N-ethyl adjacent to an activating group) is 1. The van der Waals surface area contributed by atoms with Crippen LogP contribution in [0, 0.1) is 10.1 Å². The highest BCUT2D eigenvalue weighted by molar-refractivity contribution is 5.92. The van der Waals surface area contributed by atoms with Crippen LogP contribution in [0.2, 0.25) is 0 Å². The lowest BCUT2D eigenvalue weighted by molar-refractivity contribution is -0.384. The summed E-state index contributed by atoms with van der Waals surface area (Å²) in [6.07, 6.45) is 2.27.